The first-order chi connectivity index (χ1) is 9.47. The van der Waals surface area contributed by atoms with E-state index in [0.29, 0.717) is 12.1 Å². The second kappa shape index (κ2) is 6.49. The van der Waals surface area contributed by atoms with Crippen LogP contribution in [0, 0.1) is 6.92 Å². The van der Waals surface area contributed by atoms with E-state index in [1.54, 1.807) is 0 Å². The standard InChI is InChI=1S/C17H29N3/c1-13(2)20-10-8-15(9-11-20)18-17-7-6-16(19(4)5)12-14(17)3/h6-7,12-13,15,18H,8-11H2,1-5H3. The summed E-state index contributed by atoms with van der Waals surface area (Å²) < 4.78 is 0. The van der Waals surface area contributed by atoms with Gasteiger partial charge in [-0.1, -0.05) is 0 Å². The zero-order valence-corrected chi connectivity index (χ0v) is 13.6. The molecule has 1 N–H and O–H groups in total. The van der Waals surface area contributed by atoms with E-state index in [-0.39, 0.29) is 0 Å². The lowest BCUT2D eigenvalue weighted by Crippen LogP contribution is -2.42. The molecular weight excluding hydrogens is 246 g/mol. The topological polar surface area (TPSA) is 18.5 Å². The van der Waals surface area contributed by atoms with E-state index in [4.69, 9.17) is 0 Å². The first-order valence-corrected chi connectivity index (χ1v) is 7.76. The first kappa shape index (κ1) is 15.2. The molecule has 0 aromatic heterocycles. The summed E-state index contributed by atoms with van der Waals surface area (Å²) in [6.45, 7) is 9.20. The van der Waals surface area contributed by atoms with Gasteiger partial charge in [-0.2, -0.15) is 0 Å². The molecule has 0 saturated carbocycles. The molecule has 0 amide bonds. The Morgan fingerprint density at radius 2 is 1.85 bits per heavy atom. The molecule has 0 bridgehead atoms. The zero-order chi connectivity index (χ0) is 14.7. The number of likely N-dealkylation sites (tertiary alicyclic amines) is 1. The molecule has 1 aromatic rings. The second-order valence-corrected chi connectivity index (χ2v) is 6.44. The average Bonchev–Trinajstić information content (AvgIpc) is 2.41. The van der Waals surface area contributed by atoms with Gasteiger partial charge >= 0.3 is 0 Å². The monoisotopic (exact) mass is 275 g/mol. The third-order valence-corrected chi connectivity index (χ3v) is 4.35. The van der Waals surface area contributed by atoms with Crippen LogP contribution < -0.4 is 10.2 Å². The van der Waals surface area contributed by atoms with Gasteiger partial charge in [-0.25, -0.2) is 0 Å². The van der Waals surface area contributed by atoms with Gasteiger partial charge in [0.15, 0.2) is 0 Å². The lowest BCUT2D eigenvalue weighted by atomic mass is 10.0. The number of hydrogen-bond donors (Lipinski definition) is 1. The molecule has 20 heavy (non-hydrogen) atoms. The fourth-order valence-corrected chi connectivity index (χ4v) is 2.87. The number of rotatable bonds is 4. The number of benzene rings is 1. The predicted molar refractivity (Wildman–Crippen MR) is 88.9 cm³/mol. The first-order valence-electron chi connectivity index (χ1n) is 7.76. The minimum atomic E-state index is 0.619. The van der Waals surface area contributed by atoms with Gasteiger partial charge in [0.25, 0.3) is 0 Å². The highest BCUT2D eigenvalue weighted by atomic mass is 15.2. The molecule has 1 saturated heterocycles. The summed E-state index contributed by atoms with van der Waals surface area (Å²) in [5.41, 5.74) is 3.89. The van der Waals surface area contributed by atoms with Crippen molar-refractivity contribution in [3.8, 4) is 0 Å². The van der Waals surface area contributed by atoms with Crippen molar-refractivity contribution < 1.29 is 0 Å². The van der Waals surface area contributed by atoms with Crippen molar-refractivity contribution in [2.24, 2.45) is 0 Å². The molecule has 3 heteroatoms. The molecule has 0 spiro atoms. The summed E-state index contributed by atoms with van der Waals surface area (Å²) in [6, 6.07) is 7.97. The highest BCUT2D eigenvalue weighted by Crippen LogP contribution is 2.24. The molecule has 0 unspecified atom stereocenters. The molecule has 3 nitrogen and oxygen atoms in total. The Kier molecular flexibility index (Phi) is 4.92. The molecule has 0 aliphatic carbocycles. The molecule has 112 valence electrons. The Balaban J connectivity index is 1.94. The number of anilines is 2. The zero-order valence-electron chi connectivity index (χ0n) is 13.6. The van der Waals surface area contributed by atoms with Crippen LogP contribution in [-0.2, 0) is 0 Å². The summed E-state index contributed by atoms with van der Waals surface area (Å²) >= 11 is 0. The minimum absolute atomic E-state index is 0.619. The number of nitrogens with one attached hydrogen (secondary N) is 1. The number of nitrogens with zero attached hydrogens (tertiary/aromatic N) is 2. The van der Waals surface area contributed by atoms with E-state index < -0.39 is 0 Å². The molecule has 0 radical (unpaired) electrons. The Hall–Kier alpha value is -1.22. The maximum Gasteiger partial charge on any atom is 0.0373 e. The van der Waals surface area contributed by atoms with Crippen LogP contribution in [0.3, 0.4) is 0 Å². The number of hydrogen-bond acceptors (Lipinski definition) is 3. The Morgan fingerprint density at radius 1 is 1.20 bits per heavy atom. The largest absolute Gasteiger partial charge is 0.382 e. The second-order valence-electron chi connectivity index (χ2n) is 6.44. The average molecular weight is 275 g/mol. The minimum Gasteiger partial charge on any atom is -0.382 e. The fraction of sp³-hybridized carbons (Fsp3) is 0.647. The van der Waals surface area contributed by atoms with Crippen molar-refractivity contribution in [1.82, 2.24) is 4.90 Å². The lowest BCUT2D eigenvalue weighted by Gasteiger charge is -2.35. The van der Waals surface area contributed by atoms with E-state index in [1.165, 1.54) is 42.9 Å². The van der Waals surface area contributed by atoms with Crippen LogP contribution in [0.5, 0.6) is 0 Å². The van der Waals surface area contributed by atoms with E-state index >= 15 is 0 Å². The predicted octanol–water partition coefficient (Wildman–Crippen LogP) is 3.35. The van der Waals surface area contributed by atoms with Crippen LogP contribution in [0.2, 0.25) is 0 Å². The normalized spacial score (nSPS) is 17.5. The third-order valence-electron chi connectivity index (χ3n) is 4.35. The molecule has 1 fully saturated rings. The van der Waals surface area contributed by atoms with Crippen LogP contribution in [0.1, 0.15) is 32.3 Å². The fourth-order valence-electron chi connectivity index (χ4n) is 2.87. The Bertz CT molecular complexity index is 432. The Morgan fingerprint density at radius 3 is 2.35 bits per heavy atom. The highest BCUT2D eigenvalue weighted by molar-refractivity contribution is 5.60. The van der Waals surface area contributed by atoms with Crippen molar-refractivity contribution in [3.05, 3.63) is 23.8 Å². The summed E-state index contributed by atoms with van der Waals surface area (Å²) in [5, 5.41) is 3.73. The number of aryl methyl sites for hydroxylation is 1. The maximum atomic E-state index is 3.73. The Labute approximate surface area is 124 Å². The van der Waals surface area contributed by atoms with Gasteiger partial charge in [-0.3, -0.25) is 0 Å². The molecular formula is C17H29N3. The summed E-state index contributed by atoms with van der Waals surface area (Å²) in [4.78, 5) is 4.72. The van der Waals surface area contributed by atoms with E-state index in [0.717, 1.165) is 0 Å². The molecule has 1 aromatic carbocycles. The van der Waals surface area contributed by atoms with Crippen molar-refractivity contribution in [3.63, 3.8) is 0 Å². The van der Waals surface area contributed by atoms with Crippen molar-refractivity contribution in [1.29, 1.82) is 0 Å². The van der Waals surface area contributed by atoms with Crippen LogP contribution in [0.25, 0.3) is 0 Å². The van der Waals surface area contributed by atoms with Crippen LogP contribution >= 0.6 is 0 Å². The summed E-state index contributed by atoms with van der Waals surface area (Å²) in [7, 11) is 4.17. The summed E-state index contributed by atoms with van der Waals surface area (Å²) in [5.74, 6) is 0. The van der Waals surface area contributed by atoms with E-state index in [1.807, 2.05) is 0 Å². The van der Waals surface area contributed by atoms with Gasteiger partial charge in [0.05, 0.1) is 0 Å². The van der Waals surface area contributed by atoms with E-state index in [2.05, 4.69) is 68.2 Å². The van der Waals surface area contributed by atoms with E-state index in [9.17, 15) is 0 Å². The van der Waals surface area contributed by atoms with Crippen molar-refractivity contribution in [2.75, 3.05) is 37.4 Å². The van der Waals surface area contributed by atoms with Gasteiger partial charge in [-0.05, 0) is 57.4 Å². The number of piperidine rings is 1. The van der Waals surface area contributed by atoms with Crippen molar-refractivity contribution in [2.45, 2.75) is 45.7 Å². The van der Waals surface area contributed by atoms with Gasteiger partial charge in [0, 0.05) is 50.6 Å². The quantitative estimate of drug-likeness (QED) is 0.909. The van der Waals surface area contributed by atoms with Gasteiger partial charge in [-0.15, -0.1) is 0 Å². The lowest BCUT2D eigenvalue weighted by molar-refractivity contribution is 0.177. The van der Waals surface area contributed by atoms with Crippen LogP contribution in [-0.4, -0.2) is 44.2 Å². The molecule has 1 aliphatic heterocycles. The van der Waals surface area contributed by atoms with Crippen LogP contribution in [0.4, 0.5) is 11.4 Å². The van der Waals surface area contributed by atoms with Gasteiger partial charge in [0.1, 0.15) is 0 Å². The van der Waals surface area contributed by atoms with Crippen LogP contribution in [0.15, 0.2) is 18.2 Å². The highest BCUT2D eigenvalue weighted by Gasteiger charge is 2.20. The molecule has 0 atom stereocenters. The molecule has 1 aliphatic rings. The SMILES string of the molecule is Cc1cc(N(C)C)ccc1NC1CCN(C(C)C)CC1. The van der Waals surface area contributed by atoms with Crippen molar-refractivity contribution >= 4 is 11.4 Å². The maximum absolute atomic E-state index is 3.73. The summed E-state index contributed by atoms with van der Waals surface area (Å²) in [6.07, 6.45) is 2.49. The smallest absolute Gasteiger partial charge is 0.0373 e. The van der Waals surface area contributed by atoms with Gasteiger partial charge < -0.3 is 15.1 Å². The molecule has 1 heterocycles. The molecule has 2 rings (SSSR count). The third kappa shape index (κ3) is 3.66. The van der Waals surface area contributed by atoms with Gasteiger partial charge in [0.2, 0.25) is 0 Å².